The van der Waals surface area contributed by atoms with E-state index in [-0.39, 0.29) is 0 Å². The zero-order valence-electron chi connectivity index (χ0n) is 2.94. The Morgan fingerprint density at radius 2 is 2.50 bits per heavy atom. The van der Waals surface area contributed by atoms with Crippen LogP contribution in [0.15, 0.2) is 0 Å². The predicted molar refractivity (Wildman–Crippen MR) is 31.3 cm³/mol. The Morgan fingerprint density at radius 1 is 1.83 bits per heavy atom. The maximum Gasteiger partial charge on any atom is 0.321 e. The highest BCUT2D eigenvalue weighted by Crippen LogP contribution is 1.70. The summed E-state index contributed by atoms with van der Waals surface area (Å²) in [5, 5.41) is 2.37. The van der Waals surface area contributed by atoms with E-state index in [9.17, 15) is 0 Å². The van der Waals surface area contributed by atoms with E-state index < -0.39 is 0 Å². The van der Waals surface area contributed by atoms with Gasteiger partial charge < -0.3 is 5.64 Å². The van der Waals surface area contributed by atoms with E-state index in [1.54, 1.807) is 23.0 Å². The molecule has 35 valence electrons. The average molecular weight is 200 g/mol. The lowest BCUT2D eigenvalue weighted by Crippen LogP contribution is -2.37. The van der Waals surface area contributed by atoms with Gasteiger partial charge in [-0.2, -0.15) is 0 Å². The standard InChI is InChI=1S/BH4IN3O/c2-6-5-4-1-3/h4-5H,3H2. The van der Waals surface area contributed by atoms with Crippen molar-refractivity contribution in [1.29, 1.82) is 0 Å². The van der Waals surface area contributed by atoms with Crippen LogP contribution in [0.25, 0.3) is 0 Å². The first kappa shape index (κ1) is 6.63. The molecule has 0 atom stereocenters. The van der Waals surface area contributed by atoms with Crippen LogP contribution in [0.4, 0.5) is 0 Å². The fourth-order valence-electron chi connectivity index (χ4n) is 0.0563. The minimum absolute atomic E-state index is 1.22. The summed E-state index contributed by atoms with van der Waals surface area (Å²) in [5.41, 5.74) is 7.09. The Labute approximate surface area is 50.7 Å². The van der Waals surface area contributed by atoms with Gasteiger partial charge in [-0.1, -0.05) is 0 Å². The Bertz CT molecular complexity index is 22.8. The molecule has 0 spiro atoms. The van der Waals surface area contributed by atoms with Crippen LogP contribution in [0.3, 0.4) is 0 Å². The third kappa shape index (κ3) is 4.63. The minimum atomic E-state index is 1.22. The first-order valence-corrected chi connectivity index (χ1v) is 2.11. The molecule has 0 saturated heterocycles. The van der Waals surface area contributed by atoms with Gasteiger partial charge in [0.15, 0.2) is 0 Å². The summed E-state index contributed by atoms with van der Waals surface area (Å²) in [6, 6.07) is 0. The van der Waals surface area contributed by atoms with Crippen molar-refractivity contribution < 1.29 is 3.17 Å². The van der Waals surface area contributed by atoms with Crippen LogP contribution >= 0.6 is 23.0 Å². The summed E-state index contributed by atoms with van der Waals surface area (Å²) in [5.74, 6) is 0. The summed E-state index contributed by atoms with van der Waals surface area (Å²) in [7, 11) is 1.22. The van der Waals surface area contributed by atoms with Gasteiger partial charge in [0.2, 0.25) is 0 Å². The third-order valence-corrected chi connectivity index (χ3v) is 0.401. The Morgan fingerprint density at radius 3 is 2.67 bits per heavy atom. The summed E-state index contributed by atoms with van der Waals surface area (Å²) in [6.45, 7) is 0. The van der Waals surface area contributed by atoms with Gasteiger partial charge in [-0.3, -0.25) is 5.34 Å². The molecule has 0 heterocycles. The van der Waals surface area contributed by atoms with Crippen LogP contribution in [-0.4, -0.2) is 7.55 Å². The molecule has 6 heavy (non-hydrogen) atoms. The van der Waals surface area contributed by atoms with Crippen molar-refractivity contribution in [2.45, 2.75) is 0 Å². The van der Waals surface area contributed by atoms with Gasteiger partial charge in [0.1, 0.15) is 23.0 Å². The number of hydrogen-bond donors (Lipinski definition) is 3. The molecule has 0 saturated carbocycles. The molecule has 0 rings (SSSR count). The zero-order valence-corrected chi connectivity index (χ0v) is 5.10. The van der Waals surface area contributed by atoms with Gasteiger partial charge >= 0.3 is 7.55 Å². The smallest absolute Gasteiger partial charge is 0.321 e. The lowest BCUT2D eigenvalue weighted by atomic mass is 10.3. The number of nitrogens with two attached hydrogens (primary N) is 1. The fraction of sp³-hybridized carbons (Fsp3) is 0. The number of halogens is 1. The molecule has 4 nitrogen and oxygen atoms in total. The first-order valence-electron chi connectivity index (χ1n) is 1.23. The molecule has 4 N–H and O–H groups in total. The van der Waals surface area contributed by atoms with Crippen LogP contribution in [0.1, 0.15) is 0 Å². The van der Waals surface area contributed by atoms with Crippen molar-refractivity contribution in [1.82, 2.24) is 10.9 Å². The van der Waals surface area contributed by atoms with Crippen LogP contribution in [0.2, 0.25) is 0 Å². The third-order valence-electron chi connectivity index (χ3n) is 0.181. The Kier molecular flexibility index (Phi) is 6.23. The Hall–Kier alpha value is 0.635. The van der Waals surface area contributed by atoms with Gasteiger partial charge in [-0.05, 0) is 0 Å². The molecular formula is H4BIN3O. The molecule has 1 radical (unpaired) electrons. The lowest BCUT2D eigenvalue weighted by molar-refractivity contribution is 0.261. The summed E-state index contributed by atoms with van der Waals surface area (Å²) in [6.07, 6.45) is 0. The highest BCUT2D eigenvalue weighted by Gasteiger charge is 1.73. The predicted octanol–water partition coefficient (Wildman–Crippen LogP) is -1.14. The number of hydrazine groups is 1. The van der Waals surface area contributed by atoms with E-state index >= 15 is 0 Å². The molecule has 0 aliphatic heterocycles. The Balaban J connectivity index is 2.34. The van der Waals surface area contributed by atoms with Crippen molar-refractivity contribution in [2.24, 2.45) is 5.64 Å². The summed E-state index contributed by atoms with van der Waals surface area (Å²) >= 11 is 1.66. The lowest BCUT2D eigenvalue weighted by Gasteiger charge is -1.92. The average Bonchev–Trinajstić information content (AvgIpc) is 1.61. The second-order valence-corrected chi connectivity index (χ2v) is 0.931. The van der Waals surface area contributed by atoms with Crippen LogP contribution in [-0.2, 0) is 3.17 Å². The highest BCUT2D eigenvalue weighted by atomic mass is 127. The molecule has 0 unspecified atom stereocenters. The molecule has 0 aromatic carbocycles. The maximum absolute atomic E-state index is 4.83. The SMILES string of the molecule is N[B]NNOI. The summed E-state index contributed by atoms with van der Waals surface area (Å²) in [4.78, 5) is 0. The maximum atomic E-state index is 4.83. The van der Waals surface area contributed by atoms with Crippen molar-refractivity contribution in [3.05, 3.63) is 0 Å². The highest BCUT2D eigenvalue weighted by molar-refractivity contribution is 14.1. The summed E-state index contributed by atoms with van der Waals surface area (Å²) < 4.78 is 4.28. The van der Waals surface area contributed by atoms with Gasteiger partial charge in [0, 0.05) is 0 Å². The molecule has 0 aliphatic rings. The molecule has 0 amide bonds. The van der Waals surface area contributed by atoms with Crippen LogP contribution < -0.4 is 16.6 Å². The molecule has 0 aromatic rings. The topological polar surface area (TPSA) is 59.3 Å². The van der Waals surface area contributed by atoms with E-state index in [0.29, 0.717) is 0 Å². The molecule has 0 aromatic heterocycles. The van der Waals surface area contributed by atoms with E-state index in [4.69, 9.17) is 5.64 Å². The van der Waals surface area contributed by atoms with Crippen molar-refractivity contribution in [3.8, 4) is 0 Å². The van der Waals surface area contributed by atoms with Crippen molar-refractivity contribution in [2.75, 3.05) is 0 Å². The second-order valence-electron chi connectivity index (χ2n) is 0.490. The quantitative estimate of drug-likeness (QED) is 0.233. The number of nitrogens with one attached hydrogen (secondary N) is 2. The van der Waals surface area contributed by atoms with Gasteiger partial charge in [-0.15, -0.1) is 5.59 Å². The first-order chi connectivity index (χ1) is 2.91. The van der Waals surface area contributed by atoms with E-state index in [0.717, 1.165) is 0 Å². The molecule has 6 heteroatoms. The molecule has 0 aliphatic carbocycles. The second kappa shape index (κ2) is 5.63. The minimum Gasteiger partial charge on any atom is -0.359 e. The van der Waals surface area contributed by atoms with Gasteiger partial charge in [0.25, 0.3) is 0 Å². The number of rotatable bonds is 3. The molecule has 0 bridgehead atoms. The normalized spacial score (nSPS) is 8.33. The van der Waals surface area contributed by atoms with Crippen LogP contribution in [0.5, 0.6) is 0 Å². The van der Waals surface area contributed by atoms with E-state index in [1.807, 2.05) is 0 Å². The largest absolute Gasteiger partial charge is 0.359 e. The fourth-order valence-corrected chi connectivity index (χ4v) is 0.183. The number of hydrogen-bond acceptors (Lipinski definition) is 4. The molecular weight excluding hydrogens is 196 g/mol. The van der Waals surface area contributed by atoms with Gasteiger partial charge in [0.05, 0.1) is 0 Å². The van der Waals surface area contributed by atoms with Crippen molar-refractivity contribution >= 4 is 30.6 Å². The van der Waals surface area contributed by atoms with E-state index in [1.165, 1.54) is 7.55 Å². The zero-order chi connectivity index (χ0) is 4.83. The van der Waals surface area contributed by atoms with Crippen molar-refractivity contribution in [3.63, 3.8) is 0 Å². The van der Waals surface area contributed by atoms with E-state index in [2.05, 4.69) is 14.1 Å². The molecule has 0 fully saturated rings. The van der Waals surface area contributed by atoms with Crippen LogP contribution in [0, 0.1) is 0 Å². The monoisotopic (exact) mass is 200 g/mol. The van der Waals surface area contributed by atoms with Gasteiger partial charge in [-0.25, -0.2) is 3.17 Å².